The zero-order valence-corrected chi connectivity index (χ0v) is 12.3. The molecule has 1 aromatic carbocycles. The molecule has 0 atom stereocenters. The van der Waals surface area contributed by atoms with Crippen molar-refractivity contribution >= 4 is 5.69 Å². The van der Waals surface area contributed by atoms with Crippen LogP contribution in [0.1, 0.15) is 47.1 Å². The van der Waals surface area contributed by atoms with Gasteiger partial charge in [-0.25, -0.2) is 5.43 Å². The number of nitrogens with one attached hydrogen (secondary N) is 1. The van der Waals surface area contributed by atoms with Crippen LogP contribution >= 0.6 is 0 Å². The van der Waals surface area contributed by atoms with Crippen molar-refractivity contribution in [3.8, 4) is 0 Å². The summed E-state index contributed by atoms with van der Waals surface area (Å²) in [6, 6.07) is 8.63. The molecular formula is C15H26N2. The van der Waals surface area contributed by atoms with E-state index in [0.29, 0.717) is 0 Å². The molecule has 1 aromatic rings. The molecule has 2 nitrogen and oxygen atoms in total. The molecule has 17 heavy (non-hydrogen) atoms. The maximum Gasteiger partial charge on any atom is 0.0526 e. The topological polar surface area (TPSA) is 15.3 Å². The van der Waals surface area contributed by atoms with E-state index in [1.165, 1.54) is 11.3 Å². The van der Waals surface area contributed by atoms with Crippen LogP contribution in [0.4, 0.5) is 5.69 Å². The zero-order chi connectivity index (χ0) is 13.3. The van der Waals surface area contributed by atoms with Gasteiger partial charge in [-0.05, 0) is 60.6 Å². The summed E-state index contributed by atoms with van der Waals surface area (Å²) in [6.07, 6.45) is 0. The van der Waals surface area contributed by atoms with Crippen LogP contribution in [0, 0.1) is 6.92 Å². The first-order valence-corrected chi connectivity index (χ1v) is 6.24. The monoisotopic (exact) mass is 234 g/mol. The van der Waals surface area contributed by atoms with Crippen LogP contribution < -0.4 is 10.4 Å². The Morgan fingerprint density at radius 3 is 1.71 bits per heavy atom. The van der Waals surface area contributed by atoms with Crippen LogP contribution in [0.25, 0.3) is 0 Å². The Labute approximate surface area is 106 Å². The highest BCUT2D eigenvalue weighted by atomic mass is 15.6. The van der Waals surface area contributed by atoms with Gasteiger partial charge in [-0.15, -0.1) is 0 Å². The molecule has 0 fully saturated rings. The third kappa shape index (κ3) is 4.39. The van der Waals surface area contributed by atoms with E-state index < -0.39 is 0 Å². The molecule has 96 valence electrons. The Kier molecular flexibility index (Phi) is 3.88. The first-order chi connectivity index (χ1) is 7.59. The number of hydrogen-bond acceptors (Lipinski definition) is 2. The van der Waals surface area contributed by atoms with Crippen LogP contribution in [-0.4, -0.2) is 11.1 Å². The smallest absolute Gasteiger partial charge is 0.0526 e. The van der Waals surface area contributed by atoms with Gasteiger partial charge >= 0.3 is 0 Å². The van der Waals surface area contributed by atoms with Crippen LogP contribution in [0.2, 0.25) is 0 Å². The summed E-state index contributed by atoms with van der Waals surface area (Å²) in [7, 11) is 0. The lowest BCUT2D eigenvalue weighted by molar-refractivity contribution is 0.338. The Hall–Kier alpha value is -1.02. The largest absolute Gasteiger partial charge is 0.303 e. The van der Waals surface area contributed by atoms with Crippen molar-refractivity contribution in [1.29, 1.82) is 0 Å². The van der Waals surface area contributed by atoms with Gasteiger partial charge in [0.2, 0.25) is 0 Å². The molecule has 0 heterocycles. The minimum atomic E-state index is 0.0442. The van der Waals surface area contributed by atoms with Crippen LogP contribution in [0.15, 0.2) is 24.3 Å². The summed E-state index contributed by atoms with van der Waals surface area (Å²) in [5.74, 6) is 0. The van der Waals surface area contributed by atoms with E-state index in [-0.39, 0.29) is 11.1 Å². The van der Waals surface area contributed by atoms with Crippen molar-refractivity contribution in [1.82, 2.24) is 5.43 Å². The van der Waals surface area contributed by atoms with E-state index in [0.717, 1.165) is 0 Å². The second-order valence-electron chi connectivity index (χ2n) is 6.70. The Bertz CT molecular complexity index is 352. The Balaban J connectivity index is 3.03. The SMILES string of the molecule is Cc1ccc(N(NC(C)(C)C)C(C)(C)C)cc1. The minimum absolute atomic E-state index is 0.0442. The van der Waals surface area contributed by atoms with Gasteiger partial charge in [0, 0.05) is 11.1 Å². The maximum atomic E-state index is 3.57. The Morgan fingerprint density at radius 1 is 0.882 bits per heavy atom. The van der Waals surface area contributed by atoms with E-state index in [9.17, 15) is 0 Å². The summed E-state index contributed by atoms with van der Waals surface area (Å²) < 4.78 is 0. The van der Waals surface area contributed by atoms with Gasteiger partial charge in [-0.1, -0.05) is 17.7 Å². The fourth-order valence-corrected chi connectivity index (χ4v) is 1.65. The predicted octanol–water partition coefficient (Wildman–Crippen LogP) is 3.90. The predicted molar refractivity (Wildman–Crippen MR) is 76.3 cm³/mol. The first-order valence-electron chi connectivity index (χ1n) is 6.24. The number of anilines is 1. The molecule has 0 saturated heterocycles. The highest BCUT2D eigenvalue weighted by Crippen LogP contribution is 2.23. The van der Waals surface area contributed by atoms with Crippen molar-refractivity contribution in [2.24, 2.45) is 0 Å². The second kappa shape index (κ2) is 4.69. The van der Waals surface area contributed by atoms with Crippen LogP contribution in [0.5, 0.6) is 0 Å². The van der Waals surface area contributed by atoms with Crippen molar-refractivity contribution in [3.05, 3.63) is 29.8 Å². The number of aryl methyl sites for hydroxylation is 1. The standard InChI is InChI=1S/C15H26N2/c1-12-8-10-13(11-9-12)17(15(5,6)7)16-14(2,3)4/h8-11,16H,1-7H3. The molecule has 0 saturated carbocycles. The van der Waals surface area contributed by atoms with Gasteiger partial charge in [0.25, 0.3) is 0 Å². The molecule has 1 rings (SSSR count). The molecule has 0 spiro atoms. The third-order valence-electron chi connectivity index (χ3n) is 2.41. The van der Waals surface area contributed by atoms with E-state index in [2.05, 4.69) is 83.2 Å². The molecule has 0 radical (unpaired) electrons. The van der Waals surface area contributed by atoms with Gasteiger partial charge in [-0.2, -0.15) is 0 Å². The molecule has 2 heteroatoms. The highest BCUT2D eigenvalue weighted by molar-refractivity contribution is 5.48. The summed E-state index contributed by atoms with van der Waals surface area (Å²) in [6.45, 7) is 15.3. The van der Waals surface area contributed by atoms with Crippen LogP contribution in [-0.2, 0) is 0 Å². The van der Waals surface area contributed by atoms with Crippen LogP contribution in [0.3, 0.4) is 0 Å². The van der Waals surface area contributed by atoms with Crippen molar-refractivity contribution in [2.45, 2.75) is 59.5 Å². The number of benzene rings is 1. The summed E-state index contributed by atoms with van der Waals surface area (Å²) >= 11 is 0. The maximum absolute atomic E-state index is 3.57. The fraction of sp³-hybridized carbons (Fsp3) is 0.600. The van der Waals surface area contributed by atoms with Gasteiger partial charge in [0.1, 0.15) is 0 Å². The molecule has 0 aromatic heterocycles. The van der Waals surface area contributed by atoms with Gasteiger partial charge in [0.15, 0.2) is 0 Å². The van der Waals surface area contributed by atoms with Gasteiger partial charge < -0.3 is 5.01 Å². The molecular weight excluding hydrogens is 208 g/mol. The molecule has 0 unspecified atom stereocenters. The quantitative estimate of drug-likeness (QED) is 0.781. The van der Waals surface area contributed by atoms with E-state index >= 15 is 0 Å². The van der Waals surface area contributed by atoms with E-state index in [1.807, 2.05) is 0 Å². The molecule has 0 aliphatic carbocycles. The lowest BCUT2D eigenvalue weighted by Crippen LogP contribution is -2.57. The van der Waals surface area contributed by atoms with E-state index in [4.69, 9.17) is 0 Å². The summed E-state index contributed by atoms with van der Waals surface area (Å²) in [4.78, 5) is 0. The normalized spacial score (nSPS) is 12.6. The van der Waals surface area contributed by atoms with Crippen molar-refractivity contribution < 1.29 is 0 Å². The number of hydrazine groups is 1. The first kappa shape index (κ1) is 14.0. The molecule has 0 aliphatic heterocycles. The number of hydrogen-bond donors (Lipinski definition) is 1. The lowest BCUT2D eigenvalue weighted by atomic mass is 10.0. The molecule has 1 N–H and O–H groups in total. The van der Waals surface area contributed by atoms with Crippen molar-refractivity contribution in [2.75, 3.05) is 5.01 Å². The minimum Gasteiger partial charge on any atom is -0.303 e. The summed E-state index contributed by atoms with van der Waals surface area (Å²) in [5.41, 5.74) is 6.16. The second-order valence-corrected chi connectivity index (χ2v) is 6.70. The highest BCUT2D eigenvalue weighted by Gasteiger charge is 2.25. The third-order valence-corrected chi connectivity index (χ3v) is 2.41. The molecule has 0 aliphatic rings. The van der Waals surface area contributed by atoms with Gasteiger partial charge in [-0.3, -0.25) is 0 Å². The average Bonchev–Trinajstić information content (AvgIpc) is 2.13. The van der Waals surface area contributed by atoms with Gasteiger partial charge in [0.05, 0.1) is 5.69 Å². The fourth-order valence-electron chi connectivity index (χ4n) is 1.65. The molecule has 0 bridgehead atoms. The summed E-state index contributed by atoms with van der Waals surface area (Å²) in [5, 5.41) is 2.24. The lowest BCUT2D eigenvalue weighted by Gasteiger charge is -2.42. The molecule has 0 amide bonds. The Morgan fingerprint density at radius 2 is 1.35 bits per heavy atom. The van der Waals surface area contributed by atoms with E-state index in [1.54, 1.807) is 0 Å². The average molecular weight is 234 g/mol. The van der Waals surface area contributed by atoms with Crippen molar-refractivity contribution in [3.63, 3.8) is 0 Å². The zero-order valence-electron chi connectivity index (χ0n) is 12.3. The number of nitrogens with zero attached hydrogens (tertiary/aromatic N) is 1. The number of rotatable bonds is 2.